The maximum absolute atomic E-state index is 15.7. The Bertz CT molecular complexity index is 1920. The van der Waals surface area contributed by atoms with Gasteiger partial charge < -0.3 is 19.1 Å². The molecule has 3 aromatic heterocycles. The van der Waals surface area contributed by atoms with Gasteiger partial charge in [-0.1, -0.05) is 18.2 Å². The van der Waals surface area contributed by atoms with Crippen molar-refractivity contribution in [3.05, 3.63) is 88.1 Å². The summed E-state index contributed by atoms with van der Waals surface area (Å²) in [6.45, 7) is 9.73. The maximum Gasteiger partial charge on any atom is 0.337 e. The second-order valence-corrected chi connectivity index (χ2v) is 12.6. The molecule has 0 saturated heterocycles. The number of carboxylic acids is 1. The number of ether oxygens (including phenoxy) is 2. The standard InChI is InChI=1S/C36H38FN3O4/c1-20-24-11-9-17-43-32(24)28(37)19-26(20)31-27-18-23(14-13-22-15-16-38-29-12-8-7-10-25(22)29)40(6)34(27)39-21(2)30(31)33(35(41)42)44-36(3,4)5/h7-8,10,12,15-16,18-19,33H,9,11,13-14,17H2,1-6H3,(H,41,42)/t33-/m0/s1. The summed E-state index contributed by atoms with van der Waals surface area (Å²) >= 11 is 0. The molecule has 1 atom stereocenters. The molecule has 0 amide bonds. The van der Waals surface area contributed by atoms with Crippen LogP contribution in [0.15, 0.2) is 48.7 Å². The molecule has 0 spiro atoms. The van der Waals surface area contributed by atoms with Crippen molar-refractivity contribution in [1.29, 1.82) is 0 Å². The van der Waals surface area contributed by atoms with Gasteiger partial charge in [0.05, 0.1) is 17.7 Å². The molecule has 0 fully saturated rings. The normalized spacial score (nSPS) is 14.1. The van der Waals surface area contributed by atoms with Crippen molar-refractivity contribution < 1.29 is 23.8 Å². The smallest absolute Gasteiger partial charge is 0.337 e. The van der Waals surface area contributed by atoms with Gasteiger partial charge in [0.15, 0.2) is 17.7 Å². The molecule has 0 bridgehead atoms. The van der Waals surface area contributed by atoms with Crippen LogP contribution in [0, 0.1) is 19.7 Å². The Labute approximate surface area is 256 Å². The van der Waals surface area contributed by atoms with Crippen LogP contribution in [0.25, 0.3) is 33.1 Å². The minimum absolute atomic E-state index is 0.292. The molecular formula is C36H38FN3O4. The lowest BCUT2D eigenvalue weighted by Crippen LogP contribution is -2.28. The van der Waals surface area contributed by atoms with Crippen LogP contribution in [0.5, 0.6) is 5.75 Å². The fourth-order valence-electron chi connectivity index (χ4n) is 6.50. The molecule has 6 rings (SSSR count). The number of benzene rings is 2. The van der Waals surface area contributed by atoms with E-state index in [9.17, 15) is 9.90 Å². The number of aliphatic carboxylic acids is 1. The molecule has 1 aliphatic heterocycles. The fourth-order valence-corrected chi connectivity index (χ4v) is 6.50. The van der Waals surface area contributed by atoms with Crippen molar-refractivity contribution in [3.63, 3.8) is 0 Å². The average Bonchev–Trinajstić information content (AvgIpc) is 3.30. The second-order valence-electron chi connectivity index (χ2n) is 12.6. The number of para-hydroxylation sites is 1. The van der Waals surface area contributed by atoms with E-state index in [1.807, 2.05) is 66.1 Å². The minimum Gasteiger partial charge on any atom is -0.490 e. The molecule has 7 nitrogen and oxygen atoms in total. The predicted octanol–water partition coefficient (Wildman–Crippen LogP) is 7.60. The van der Waals surface area contributed by atoms with Crippen LogP contribution >= 0.6 is 0 Å². The van der Waals surface area contributed by atoms with Gasteiger partial charge in [0.25, 0.3) is 0 Å². The van der Waals surface area contributed by atoms with Crippen LogP contribution in [-0.4, -0.2) is 37.8 Å². The first-order valence-corrected chi connectivity index (χ1v) is 15.1. The Hall–Kier alpha value is -4.30. The summed E-state index contributed by atoms with van der Waals surface area (Å²) in [5, 5.41) is 12.4. The van der Waals surface area contributed by atoms with E-state index in [-0.39, 0.29) is 0 Å². The number of hydrogen-bond acceptors (Lipinski definition) is 5. The molecule has 0 radical (unpaired) electrons. The van der Waals surface area contributed by atoms with Crippen LogP contribution in [0.4, 0.5) is 4.39 Å². The summed E-state index contributed by atoms with van der Waals surface area (Å²) in [6, 6.07) is 13.7. The number of carboxylic acid groups (broad SMARTS) is 1. The van der Waals surface area contributed by atoms with Crippen LogP contribution in [-0.2, 0) is 35.8 Å². The highest BCUT2D eigenvalue weighted by atomic mass is 19.1. The summed E-state index contributed by atoms with van der Waals surface area (Å²) in [4.78, 5) is 22.3. The van der Waals surface area contributed by atoms with Crippen LogP contribution in [0.1, 0.15) is 66.9 Å². The van der Waals surface area contributed by atoms with Crippen LogP contribution in [0.2, 0.25) is 0 Å². The average molecular weight is 596 g/mol. The van der Waals surface area contributed by atoms with Gasteiger partial charge in [0.1, 0.15) is 5.65 Å². The van der Waals surface area contributed by atoms with Gasteiger partial charge in [-0.05, 0) is 101 Å². The number of pyridine rings is 2. The van der Waals surface area contributed by atoms with Crippen molar-refractivity contribution >= 4 is 27.9 Å². The van der Waals surface area contributed by atoms with E-state index in [4.69, 9.17) is 14.5 Å². The Morgan fingerprint density at radius 3 is 2.66 bits per heavy atom. The molecule has 44 heavy (non-hydrogen) atoms. The predicted molar refractivity (Wildman–Crippen MR) is 170 cm³/mol. The molecule has 0 saturated carbocycles. The molecule has 4 heterocycles. The third-order valence-electron chi connectivity index (χ3n) is 8.56. The van der Waals surface area contributed by atoms with Crippen molar-refractivity contribution in [2.75, 3.05) is 6.61 Å². The molecule has 0 unspecified atom stereocenters. The summed E-state index contributed by atoms with van der Waals surface area (Å²) in [5.74, 6) is -1.27. The van der Waals surface area contributed by atoms with Gasteiger partial charge in [0.2, 0.25) is 0 Å². The summed E-state index contributed by atoms with van der Waals surface area (Å²) in [6.07, 6.45) is 3.52. The zero-order valence-electron chi connectivity index (χ0n) is 26.1. The lowest BCUT2D eigenvalue weighted by Gasteiger charge is -2.29. The van der Waals surface area contributed by atoms with Crippen LogP contribution < -0.4 is 4.74 Å². The zero-order valence-corrected chi connectivity index (χ0v) is 26.1. The molecule has 228 valence electrons. The van der Waals surface area contributed by atoms with E-state index in [0.717, 1.165) is 52.4 Å². The fraction of sp³-hybridized carbons (Fsp3) is 0.361. The second kappa shape index (κ2) is 11.3. The monoisotopic (exact) mass is 595 g/mol. The van der Waals surface area contributed by atoms with Gasteiger partial charge in [0, 0.05) is 52.1 Å². The summed E-state index contributed by atoms with van der Waals surface area (Å²) in [7, 11) is 1.98. The highest BCUT2D eigenvalue weighted by Crippen LogP contribution is 2.45. The third-order valence-corrected chi connectivity index (χ3v) is 8.56. The van der Waals surface area contributed by atoms with Crippen molar-refractivity contribution in [2.24, 2.45) is 7.05 Å². The molecular weight excluding hydrogens is 557 g/mol. The molecule has 5 aromatic rings. The largest absolute Gasteiger partial charge is 0.490 e. The van der Waals surface area contributed by atoms with Gasteiger partial charge >= 0.3 is 5.97 Å². The summed E-state index contributed by atoms with van der Waals surface area (Å²) in [5.41, 5.74) is 7.11. The summed E-state index contributed by atoms with van der Waals surface area (Å²) < 4.78 is 29.6. The van der Waals surface area contributed by atoms with E-state index < -0.39 is 23.5 Å². The topological polar surface area (TPSA) is 86.5 Å². The number of rotatable bonds is 7. The Morgan fingerprint density at radius 2 is 1.91 bits per heavy atom. The minimum atomic E-state index is -1.30. The number of nitrogens with zero attached hydrogens (tertiary/aromatic N) is 3. The lowest BCUT2D eigenvalue weighted by atomic mass is 9.86. The number of aryl methyl sites for hydroxylation is 4. The zero-order chi connectivity index (χ0) is 31.3. The van der Waals surface area contributed by atoms with E-state index in [2.05, 4.69) is 27.8 Å². The van der Waals surface area contributed by atoms with E-state index in [1.165, 1.54) is 11.6 Å². The van der Waals surface area contributed by atoms with Crippen LogP contribution in [0.3, 0.4) is 0 Å². The highest BCUT2D eigenvalue weighted by Gasteiger charge is 2.34. The number of hydrogen-bond donors (Lipinski definition) is 1. The number of carbonyl (C=O) groups is 1. The number of fused-ring (bicyclic) bond motifs is 3. The van der Waals surface area contributed by atoms with Crippen molar-refractivity contribution in [2.45, 2.75) is 72.0 Å². The van der Waals surface area contributed by atoms with Gasteiger partial charge in [-0.2, -0.15) is 0 Å². The molecule has 2 aromatic carbocycles. The Kier molecular flexibility index (Phi) is 7.66. The van der Waals surface area contributed by atoms with E-state index >= 15 is 4.39 Å². The molecule has 0 aliphatic carbocycles. The first-order chi connectivity index (χ1) is 20.9. The van der Waals surface area contributed by atoms with E-state index in [0.29, 0.717) is 46.8 Å². The maximum atomic E-state index is 15.7. The van der Waals surface area contributed by atoms with Gasteiger partial charge in [-0.25, -0.2) is 14.2 Å². The van der Waals surface area contributed by atoms with E-state index in [1.54, 1.807) is 0 Å². The SMILES string of the molecule is Cc1nc2c(cc(CCc3ccnc4ccccc34)n2C)c(-c2cc(F)c3c(c2C)CCCO3)c1[C@H](OC(C)(C)C)C(=O)O. The van der Waals surface area contributed by atoms with Gasteiger partial charge in [-0.3, -0.25) is 4.98 Å². The lowest BCUT2D eigenvalue weighted by molar-refractivity contribution is -0.160. The van der Waals surface area contributed by atoms with Gasteiger partial charge in [-0.15, -0.1) is 0 Å². The first-order valence-electron chi connectivity index (χ1n) is 15.1. The quantitative estimate of drug-likeness (QED) is 0.209. The van der Waals surface area contributed by atoms with Crippen molar-refractivity contribution in [3.8, 4) is 16.9 Å². The molecule has 1 aliphatic rings. The number of halogens is 1. The highest BCUT2D eigenvalue weighted by molar-refractivity contribution is 5.99. The first kappa shape index (κ1) is 29.8. The Balaban J connectivity index is 1.57. The third kappa shape index (κ3) is 5.32. The Morgan fingerprint density at radius 1 is 1.14 bits per heavy atom. The number of aromatic nitrogens is 3. The van der Waals surface area contributed by atoms with Crippen molar-refractivity contribution in [1.82, 2.24) is 14.5 Å². The molecule has 8 heteroatoms. The molecule has 1 N–H and O–H groups in total.